The van der Waals surface area contributed by atoms with Crippen molar-refractivity contribution in [2.24, 2.45) is 0 Å². The molecule has 0 radical (unpaired) electrons. The lowest BCUT2D eigenvalue weighted by Crippen LogP contribution is -2.13. The fourth-order valence-corrected chi connectivity index (χ4v) is 14.8. The Kier molecular flexibility index (Phi) is 30.4. The van der Waals surface area contributed by atoms with E-state index in [9.17, 15) is 14.4 Å². The first-order valence-electron chi connectivity index (χ1n) is 40.8. The second-order valence-corrected chi connectivity index (χ2v) is 29.0. The van der Waals surface area contributed by atoms with Gasteiger partial charge in [-0.1, -0.05) is 182 Å². The summed E-state index contributed by atoms with van der Waals surface area (Å²) >= 11 is 0. The Morgan fingerprint density at radius 2 is 0.383 bits per heavy atom. The van der Waals surface area contributed by atoms with Crippen LogP contribution in [0.1, 0.15) is 140 Å². The smallest absolute Gasteiger partial charge is 0.309 e. The van der Waals surface area contributed by atoms with Crippen LogP contribution in [0.4, 0.5) is 0 Å². The molecule has 0 atom stereocenters. The third-order valence-corrected chi connectivity index (χ3v) is 20.3. The van der Waals surface area contributed by atoms with Gasteiger partial charge in [0.05, 0.1) is 80.2 Å². The van der Waals surface area contributed by atoms with Crippen LogP contribution in [0.25, 0.3) is 0 Å². The minimum Gasteiger partial charge on any atom is -0.496 e. The summed E-state index contributed by atoms with van der Waals surface area (Å²) in [5.41, 5.74) is 14.1. The molecule has 12 aromatic carbocycles. The highest BCUT2D eigenvalue weighted by Crippen LogP contribution is 2.46. The van der Waals surface area contributed by atoms with Gasteiger partial charge in [0.2, 0.25) is 0 Å². The van der Waals surface area contributed by atoms with E-state index in [1.165, 1.54) is 0 Å². The first kappa shape index (κ1) is 84.6. The van der Waals surface area contributed by atoms with Gasteiger partial charge in [0.15, 0.2) is 0 Å². The van der Waals surface area contributed by atoms with Crippen LogP contribution in [0.15, 0.2) is 255 Å². The minimum atomic E-state index is -0.424. The molecule has 1 aliphatic carbocycles. The molecule has 0 saturated carbocycles. The summed E-state index contributed by atoms with van der Waals surface area (Å²) in [7, 11) is 4.97. The summed E-state index contributed by atoms with van der Waals surface area (Å²) in [5.74, 6) is 4.95. The summed E-state index contributed by atoms with van der Waals surface area (Å²) < 4.78 is 99.9. The summed E-state index contributed by atoms with van der Waals surface area (Å²) in [6.45, 7) is 7.06. The number of rotatable bonds is 36. The molecule has 12 aromatic rings. The predicted molar refractivity (Wildman–Crippen MR) is 460 cm³/mol. The van der Waals surface area contributed by atoms with Crippen LogP contribution in [0.5, 0.6) is 69.0 Å². The van der Waals surface area contributed by atoms with E-state index in [-0.39, 0.29) is 137 Å². The highest BCUT2D eigenvalue weighted by Gasteiger charge is 2.28. The van der Waals surface area contributed by atoms with Crippen LogP contribution in [0.2, 0.25) is 0 Å². The highest BCUT2D eigenvalue weighted by atomic mass is 16.6. The zero-order valence-electron chi connectivity index (χ0n) is 68.9. The molecule has 18 heteroatoms. The summed E-state index contributed by atoms with van der Waals surface area (Å²) in [4.78, 5) is 40.5. The molecule has 0 N–H and O–H groups in total. The van der Waals surface area contributed by atoms with Crippen LogP contribution in [-0.4, -0.2) is 78.9 Å². The number of ether oxygens (including phenoxy) is 15. The number of carbonyl (C=O) groups is 3. The van der Waals surface area contributed by atoms with E-state index >= 15 is 0 Å². The third kappa shape index (κ3) is 23.7. The van der Waals surface area contributed by atoms with Crippen molar-refractivity contribution in [3.63, 3.8) is 0 Å². The van der Waals surface area contributed by atoms with Crippen molar-refractivity contribution in [2.45, 2.75) is 118 Å². The molecule has 18 nitrogen and oxygen atoms in total. The van der Waals surface area contributed by atoms with Gasteiger partial charge in [-0.2, -0.15) is 0 Å². The summed E-state index contributed by atoms with van der Waals surface area (Å²) in [6, 6.07) is 83.7. The van der Waals surface area contributed by atoms with Crippen LogP contribution >= 0.6 is 0 Å². The zero-order valence-corrected chi connectivity index (χ0v) is 68.9. The third-order valence-electron chi connectivity index (χ3n) is 20.3. The zero-order chi connectivity index (χ0) is 83.2. The summed E-state index contributed by atoms with van der Waals surface area (Å²) in [5, 5.41) is 0. The van der Waals surface area contributed by atoms with Gasteiger partial charge < -0.3 is 71.1 Å². The number of benzene rings is 12. The number of carbonyl (C=O) groups excluding carboxylic acids is 3. The minimum absolute atomic E-state index is 0.0559. The molecular weight excluding hydrogens is 1510 g/mol. The number of hydrogen-bond donors (Lipinski definition) is 0. The Balaban J connectivity index is 1.10. The van der Waals surface area contributed by atoms with Crippen molar-refractivity contribution < 1.29 is 85.4 Å². The molecule has 0 amide bonds. The predicted octanol–water partition coefficient (Wildman–Crippen LogP) is 20.0. The van der Waals surface area contributed by atoms with E-state index in [4.69, 9.17) is 71.1 Å². The lowest BCUT2D eigenvalue weighted by atomic mass is 9.90. The molecule has 0 saturated heterocycles. The van der Waals surface area contributed by atoms with Gasteiger partial charge in [-0.05, 0) is 127 Å². The van der Waals surface area contributed by atoms with E-state index in [1.54, 1.807) is 42.1 Å². The van der Waals surface area contributed by atoms with Gasteiger partial charge in [0.25, 0.3) is 0 Å². The molecule has 0 aromatic heterocycles. The van der Waals surface area contributed by atoms with E-state index in [0.717, 1.165) is 33.4 Å². The molecule has 1 aliphatic rings. The van der Waals surface area contributed by atoms with Crippen molar-refractivity contribution in [3.8, 4) is 69.0 Å². The molecular formula is C102H102O18. The number of fused-ring (bicyclic) bond motifs is 12. The van der Waals surface area contributed by atoms with Gasteiger partial charge in [-0.15, -0.1) is 0 Å². The first-order chi connectivity index (χ1) is 58.9. The Labute approximate surface area is 702 Å². The second-order valence-electron chi connectivity index (χ2n) is 29.0. The maximum Gasteiger partial charge on any atom is 0.309 e. The molecule has 0 unspecified atom stereocenters. The maximum atomic E-state index is 13.5. The highest BCUT2D eigenvalue weighted by molar-refractivity contribution is 5.71. The van der Waals surface area contributed by atoms with Gasteiger partial charge in [0, 0.05) is 105 Å². The van der Waals surface area contributed by atoms with Crippen molar-refractivity contribution in [1.82, 2.24) is 0 Å². The van der Waals surface area contributed by atoms with Crippen molar-refractivity contribution in [2.75, 3.05) is 61.0 Å². The SMILES string of the molecule is CCOC(=O)CCOc1c2cc(OCc3ccccc3)cc1Cc1cc(OCc3ccccc3)cc(c1OC)Cc1cc(OCc3ccccc3)cc(c1OCCC(=O)OCC)Cc1cc(OCc3ccccc3)cc(c1OC)Cc1cc(OCc3ccccc3)cc(c1OCCC(=O)OCC)Cc1cc(OCc3ccccc3)cc(c1OC)C2. The fraction of sp³-hybridized carbons (Fsp3) is 0.265. The molecule has 618 valence electrons. The van der Waals surface area contributed by atoms with Crippen LogP contribution in [-0.2, 0) is 107 Å². The van der Waals surface area contributed by atoms with E-state index < -0.39 is 17.9 Å². The molecule has 0 aliphatic heterocycles. The van der Waals surface area contributed by atoms with Gasteiger partial charge >= 0.3 is 17.9 Å². The molecule has 0 fully saturated rings. The maximum absolute atomic E-state index is 13.5. The Hall–Kier alpha value is -13.4. The number of methoxy groups -OCH3 is 3. The van der Waals surface area contributed by atoms with Crippen LogP contribution < -0.4 is 56.8 Å². The topological polar surface area (TPSA) is 190 Å². The van der Waals surface area contributed by atoms with Crippen molar-refractivity contribution in [3.05, 3.63) is 355 Å². The molecule has 120 heavy (non-hydrogen) atoms. The Bertz CT molecular complexity index is 4680. The lowest BCUT2D eigenvalue weighted by Gasteiger charge is -2.24. The van der Waals surface area contributed by atoms with E-state index in [1.807, 2.05) is 255 Å². The van der Waals surface area contributed by atoms with Crippen LogP contribution in [0.3, 0.4) is 0 Å². The van der Waals surface area contributed by atoms with Gasteiger partial charge in [0.1, 0.15) is 109 Å². The van der Waals surface area contributed by atoms with Crippen LogP contribution in [0, 0.1) is 0 Å². The average Bonchev–Trinajstić information content (AvgIpc) is 0.776. The second kappa shape index (κ2) is 43.2. The standard InChI is InChI=1S/C102H102O18/c1-7-109-94(103)40-43-112-100-82-46-76-52-88(115-64-70-28-16-10-17-29-70)54-78(97(76)106-4)48-84-60-92(119-68-74-36-24-14-25-37-74)62-86(101(84)113-44-41-95(104)110-8-2)50-80-56-90(117-66-72-32-20-12-21-33-72)57-81(99(80)108-6)51-87-63-93(120-69-75-38-26-15-27-39-75)61-85(102(87)114-45-42-96(105)111-9-3)49-79-55-89(116-65-71-30-18-11-19-31-71)53-77(98(79)107-5)47-83(100)59-91(58-82)118-67-73-34-22-13-23-35-73/h10-39,52-63H,7-9,40-51,64-69H2,1-6H3. The summed E-state index contributed by atoms with van der Waals surface area (Å²) in [6.07, 6.45) is 0.781. The molecule has 0 spiro atoms. The quantitative estimate of drug-likeness (QED) is 0.0266. The van der Waals surface area contributed by atoms with Gasteiger partial charge in [-0.3, -0.25) is 14.4 Å². The number of esters is 3. The molecule has 0 heterocycles. The van der Waals surface area contributed by atoms with Crippen molar-refractivity contribution in [1.29, 1.82) is 0 Å². The van der Waals surface area contributed by atoms with Gasteiger partial charge in [-0.25, -0.2) is 0 Å². The monoisotopic (exact) mass is 1610 g/mol. The Morgan fingerprint density at radius 1 is 0.225 bits per heavy atom. The number of hydrogen-bond acceptors (Lipinski definition) is 18. The molecule has 13 rings (SSSR count). The molecule has 12 bridgehead atoms. The normalized spacial score (nSPS) is 11.7. The lowest BCUT2D eigenvalue weighted by molar-refractivity contribution is -0.144. The van der Waals surface area contributed by atoms with E-state index in [2.05, 4.69) is 0 Å². The average molecular weight is 1620 g/mol. The fourth-order valence-electron chi connectivity index (χ4n) is 14.8. The van der Waals surface area contributed by atoms with Crippen molar-refractivity contribution >= 4 is 17.9 Å². The van der Waals surface area contributed by atoms with E-state index in [0.29, 0.717) is 136 Å². The largest absolute Gasteiger partial charge is 0.496 e. The Morgan fingerprint density at radius 3 is 0.533 bits per heavy atom. The first-order valence-corrected chi connectivity index (χ1v) is 40.8.